The molecule has 148 valence electrons. The second-order valence-electron chi connectivity index (χ2n) is 6.77. The van der Waals surface area contributed by atoms with Gasteiger partial charge in [-0.1, -0.05) is 17.7 Å². The molecule has 0 saturated carbocycles. The largest absolute Gasteiger partial charge is 0.416 e. The number of alkyl halides is 3. The van der Waals surface area contributed by atoms with Gasteiger partial charge in [0.1, 0.15) is 11.7 Å². The van der Waals surface area contributed by atoms with Crippen molar-refractivity contribution in [3.05, 3.63) is 59.0 Å². The van der Waals surface area contributed by atoms with E-state index in [4.69, 9.17) is 0 Å². The zero-order chi connectivity index (χ0) is 20.6. The molecular weight excluding hydrogens is 378 g/mol. The van der Waals surface area contributed by atoms with Crippen molar-refractivity contribution in [3.63, 3.8) is 0 Å². The van der Waals surface area contributed by atoms with Crippen LogP contribution in [0.25, 0.3) is 0 Å². The summed E-state index contributed by atoms with van der Waals surface area (Å²) in [5.41, 5.74) is -0.217. The number of anilines is 1. The van der Waals surface area contributed by atoms with Crippen molar-refractivity contribution >= 4 is 17.6 Å². The van der Waals surface area contributed by atoms with Gasteiger partial charge in [0.2, 0.25) is 17.8 Å². The summed E-state index contributed by atoms with van der Waals surface area (Å²) >= 11 is 0. The van der Waals surface area contributed by atoms with Gasteiger partial charge >= 0.3 is 6.18 Å². The Morgan fingerprint density at radius 3 is 2.61 bits per heavy atom. The van der Waals surface area contributed by atoms with Crippen molar-refractivity contribution in [1.29, 1.82) is 0 Å². The molecule has 1 fully saturated rings. The van der Waals surface area contributed by atoms with Gasteiger partial charge in [-0.25, -0.2) is 4.98 Å². The number of rotatable bonds is 3. The Morgan fingerprint density at radius 2 is 1.96 bits per heavy atom. The lowest BCUT2D eigenvalue weighted by molar-refractivity contribution is -0.137. The van der Waals surface area contributed by atoms with Gasteiger partial charge in [0.25, 0.3) is 0 Å². The van der Waals surface area contributed by atoms with E-state index >= 15 is 0 Å². The van der Waals surface area contributed by atoms with E-state index in [1.54, 1.807) is 0 Å². The molecule has 5 nitrogen and oxygen atoms in total. The number of carbonyl (C=O) groups is 2. The minimum absolute atomic E-state index is 0.0775. The summed E-state index contributed by atoms with van der Waals surface area (Å²) in [5.74, 6) is -4.16. The average Bonchev–Trinajstić information content (AvgIpc) is 2.89. The molecule has 0 aliphatic carbocycles. The van der Waals surface area contributed by atoms with Crippen LogP contribution in [-0.4, -0.2) is 35.3 Å². The van der Waals surface area contributed by atoms with E-state index in [9.17, 15) is 27.2 Å². The van der Waals surface area contributed by atoms with E-state index in [0.717, 1.165) is 18.2 Å². The molecule has 1 aromatic heterocycles. The van der Waals surface area contributed by atoms with Gasteiger partial charge in [-0.2, -0.15) is 17.6 Å². The minimum Gasteiger partial charge on any atom is -0.344 e. The summed E-state index contributed by atoms with van der Waals surface area (Å²) in [7, 11) is 1.48. The fraction of sp³-hybridized carbons (Fsp3) is 0.316. The Hall–Kier alpha value is -2.97. The predicted octanol–water partition coefficient (Wildman–Crippen LogP) is 3.36. The molecular formula is C19H17F4N3O2. The molecule has 0 unspecified atom stereocenters. The van der Waals surface area contributed by atoms with Gasteiger partial charge in [0, 0.05) is 19.5 Å². The van der Waals surface area contributed by atoms with Crippen molar-refractivity contribution < 1.29 is 27.2 Å². The number of carbonyl (C=O) groups excluding carboxylic acids is 2. The summed E-state index contributed by atoms with van der Waals surface area (Å²) in [5, 5.41) is 2.38. The second kappa shape index (κ2) is 7.21. The van der Waals surface area contributed by atoms with E-state index in [2.05, 4.69) is 10.3 Å². The predicted molar refractivity (Wildman–Crippen MR) is 92.9 cm³/mol. The first-order chi connectivity index (χ1) is 13.1. The molecule has 0 radical (unpaired) electrons. The van der Waals surface area contributed by atoms with Crippen LogP contribution in [0.4, 0.5) is 23.4 Å². The average molecular weight is 395 g/mol. The summed E-state index contributed by atoms with van der Waals surface area (Å²) < 4.78 is 52.7. The van der Waals surface area contributed by atoms with Gasteiger partial charge in [-0.3, -0.25) is 9.59 Å². The number of amides is 2. The fourth-order valence-electron chi connectivity index (χ4n) is 3.37. The zero-order valence-corrected chi connectivity index (χ0v) is 15.0. The number of benzene rings is 1. The van der Waals surface area contributed by atoms with Crippen LogP contribution in [0.1, 0.15) is 22.6 Å². The van der Waals surface area contributed by atoms with Crippen LogP contribution < -0.4 is 5.32 Å². The molecule has 0 bridgehead atoms. The number of aromatic nitrogens is 1. The van der Waals surface area contributed by atoms with Gasteiger partial charge in [0.05, 0.1) is 5.56 Å². The molecule has 1 saturated heterocycles. The SMILES string of the molecule is Cc1cc([C@H]2CN(C)C(=O)[C@@H]2C(=O)Nc2cccc(F)n2)cc(C(F)(F)F)c1. The Morgan fingerprint density at radius 1 is 1.25 bits per heavy atom. The minimum atomic E-state index is -4.54. The van der Waals surface area contributed by atoms with Crippen molar-refractivity contribution in [2.45, 2.75) is 19.0 Å². The molecule has 0 spiro atoms. The van der Waals surface area contributed by atoms with Crippen LogP contribution in [0.5, 0.6) is 0 Å². The Kier molecular flexibility index (Phi) is 5.10. The number of aryl methyl sites for hydroxylation is 1. The van der Waals surface area contributed by atoms with Crippen LogP contribution >= 0.6 is 0 Å². The molecule has 2 heterocycles. The number of hydrogen-bond acceptors (Lipinski definition) is 3. The quantitative estimate of drug-likeness (QED) is 0.493. The van der Waals surface area contributed by atoms with Crippen molar-refractivity contribution in [2.24, 2.45) is 5.92 Å². The monoisotopic (exact) mass is 395 g/mol. The number of hydrogen-bond donors (Lipinski definition) is 1. The molecule has 1 aliphatic rings. The number of halogens is 4. The smallest absolute Gasteiger partial charge is 0.344 e. The van der Waals surface area contributed by atoms with Crippen LogP contribution in [0.15, 0.2) is 36.4 Å². The van der Waals surface area contributed by atoms with E-state index in [0.29, 0.717) is 5.56 Å². The summed E-state index contributed by atoms with van der Waals surface area (Å²) in [6.45, 7) is 1.61. The molecule has 1 aromatic carbocycles. The maximum atomic E-state index is 13.2. The van der Waals surface area contributed by atoms with E-state index in [1.807, 2.05) is 0 Å². The van der Waals surface area contributed by atoms with Crippen LogP contribution in [0, 0.1) is 18.8 Å². The first-order valence-electron chi connectivity index (χ1n) is 8.43. The molecule has 1 aliphatic heterocycles. The zero-order valence-electron chi connectivity index (χ0n) is 15.0. The third-order valence-electron chi connectivity index (χ3n) is 4.62. The Labute approximate surface area is 158 Å². The van der Waals surface area contributed by atoms with Gasteiger partial charge < -0.3 is 10.2 Å². The molecule has 2 atom stereocenters. The van der Waals surface area contributed by atoms with Crippen LogP contribution in [0.2, 0.25) is 0 Å². The lowest BCUT2D eigenvalue weighted by Crippen LogP contribution is -2.33. The number of likely N-dealkylation sites (tertiary alicyclic amines) is 1. The third-order valence-corrected chi connectivity index (χ3v) is 4.62. The molecule has 2 aromatic rings. The summed E-state index contributed by atoms with van der Waals surface area (Å²) in [6.07, 6.45) is -4.54. The highest BCUT2D eigenvalue weighted by Crippen LogP contribution is 2.38. The third kappa shape index (κ3) is 3.97. The Balaban J connectivity index is 1.95. The van der Waals surface area contributed by atoms with Crippen molar-refractivity contribution in [2.75, 3.05) is 18.9 Å². The highest BCUT2D eigenvalue weighted by atomic mass is 19.4. The van der Waals surface area contributed by atoms with Crippen LogP contribution in [0.3, 0.4) is 0 Å². The van der Waals surface area contributed by atoms with E-state index in [-0.39, 0.29) is 17.9 Å². The molecule has 9 heteroatoms. The van der Waals surface area contributed by atoms with Crippen molar-refractivity contribution in [3.8, 4) is 0 Å². The van der Waals surface area contributed by atoms with Gasteiger partial charge in [-0.15, -0.1) is 0 Å². The molecule has 2 amide bonds. The van der Waals surface area contributed by atoms with Crippen LogP contribution in [-0.2, 0) is 15.8 Å². The maximum absolute atomic E-state index is 13.2. The lowest BCUT2D eigenvalue weighted by atomic mass is 9.86. The highest BCUT2D eigenvalue weighted by Gasteiger charge is 2.45. The topological polar surface area (TPSA) is 62.3 Å². The molecule has 1 N–H and O–H groups in total. The van der Waals surface area contributed by atoms with Crippen molar-refractivity contribution in [1.82, 2.24) is 9.88 Å². The fourth-order valence-corrected chi connectivity index (χ4v) is 3.37. The molecule has 28 heavy (non-hydrogen) atoms. The lowest BCUT2D eigenvalue weighted by Gasteiger charge is -2.19. The van der Waals surface area contributed by atoms with E-state index in [1.165, 1.54) is 37.1 Å². The normalized spacial score (nSPS) is 19.8. The second-order valence-corrected chi connectivity index (χ2v) is 6.77. The number of nitrogens with zero attached hydrogens (tertiary/aromatic N) is 2. The maximum Gasteiger partial charge on any atom is 0.416 e. The van der Waals surface area contributed by atoms with E-state index < -0.39 is 41.3 Å². The highest BCUT2D eigenvalue weighted by molar-refractivity contribution is 6.08. The standard InChI is InChI=1S/C19H17F4N3O2/c1-10-6-11(8-12(7-10)19(21,22)23)13-9-26(2)18(28)16(13)17(27)25-15-5-3-4-14(20)24-15/h3-8,13,16H,9H2,1-2H3,(H,24,25,27)/t13-,16+/m1/s1. The number of likely N-dealkylation sites (N-methyl/N-ethyl adjacent to an activating group) is 1. The number of pyridine rings is 1. The molecule has 3 rings (SSSR count). The summed E-state index contributed by atoms with van der Waals surface area (Å²) in [4.78, 5) is 30.0. The Bertz CT molecular complexity index is 930. The number of nitrogens with one attached hydrogen (secondary N) is 1. The first kappa shape index (κ1) is 19.8. The van der Waals surface area contributed by atoms with Gasteiger partial charge in [-0.05, 0) is 36.8 Å². The summed E-state index contributed by atoms with van der Waals surface area (Å²) in [6, 6.07) is 7.30. The first-order valence-corrected chi connectivity index (χ1v) is 8.43. The van der Waals surface area contributed by atoms with Gasteiger partial charge in [0.15, 0.2) is 0 Å².